The summed E-state index contributed by atoms with van der Waals surface area (Å²) in [6.45, 7) is 9.58. The molecule has 1 amide bonds. The van der Waals surface area contributed by atoms with Crippen LogP contribution in [0.3, 0.4) is 0 Å². The molecule has 0 spiro atoms. The van der Waals surface area contributed by atoms with Gasteiger partial charge in [0.1, 0.15) is 34.0 Å². The largest absolute Gasteiger partial charge is 0.461 e. The standard InChI is InChI=1S/C30H32FN5O5/c1-5-39-28(37)27-26-25(24(14-15-32-26)34-16-18-35(19-17-34)29(38)41-30(2,3)4)33-36(27)21-8-12-23(13-9-21)40-22-10-6-20(31)7-11-22/h6-15H,5,16-19H2,1-4H3. The fourth-order valence-corrected chi connectivity index (χ4v) is 4.54. The summed E-state index contributed by atoms with van der Waals surface area (Å²) in [7, 11) is 0. The molecule has 2 aromatic carbocycles. The van der Waals surface area contributed by atoms with Crippen LogP contribution >= 0.6 is 0 Å². The van der Waals surface area contributed by atoms with Gasteiger partial charge in [-0.2, -0.15) is 5.10 Å². The molecule has 10 nitrogen and oxygen atoms in total. The molecule has 11 heteroatoms. The molecule has 214 valence electrons. The second kappa shape index (κ2) is 11.4. The first kappa shape index (κ1) is 27.9. The van der Waals surface area contributed by atoms with E-state index in [-0.39, 0.29) is 24.2 Å². The van der Waals surface area contributed by atoms with Gasteiger partial charge < -0.3 is 24.0 Å². The molecular formula is C30H32FN5O5. The van der Waals surface area contributed by atoms with E-state index < -0.39 is 11.6 Å². The molecule has 1 aliphatic rings. The molecule has 41 heavy (non-hydrogen) atoms. The van der Waals surface area contributed by atoms with Gasteiger partial charge in [-0.15, -0.1) is 0 Å². The highest BCUT2D eigenvalue weighted by atomic mass is 19.1. The molecule has 0 aliphatic carbocycles. The lowest BCUT2D eigenvalue weighted by atomic mass is 10.2. The first-order chi connectivity index (χ1) is 19.6. The van der Waals surface area contributed by atoms with Gasteiger partial charge in [-0.1, -0.05) is 0 Å². The van der Waals surface area contributed by atoms with E-state index in [4.69, 9.17) is 19.3 Å². The zero-order valence-electron chi connectivity index (χ0n) is 23.5. The molecule has 2 aromatic heterocycles. The topological polar surface area (TPSA) is 99.0 Å². The number of rotatable bonds is 6. The van der Waals surface area contributed by atoms with Crippen LogP contribution in [-0.2, 0) is 9.47 Å². The van der Waals surface area contributed by atoms with Crippen LogP contribution in [0.1, 0.15) is 38.2 Å². The van der Waals surface area contributed by atoms with Crippen molar-refractivity contribution in [2.45, 2.75) is 33.3 Å². The summed E-state index contributed by atoms with van der Waals surface area (Å²) in [6, 6.07) is 14.6. The Morgan fingerprint density at radius 1 is 0.902 bits per heavy atom. The minimum atomic E-state index is -0.562. The minimum absolute atomic E-state index is 0.197. The molecule has 0 unspecified atom stereocenters. The lowest BCUT2D eigenvalue weighted by molar-refractivity contribution is 0.0240. The van der Waals surface area contributed by atoms with E-state index >= 15 is 0 Å². The summed E-state index contributed by atoms with van der Waals surface area (Å²) in [5.41, 5.74) is 2.03. The molecule has 0 bridgehead atoms. The molecule has 5 rings (SSSR count). The SMILES string of the molecule is CCOC(=O)c1c2nccc(N3CCN(C(=O)OC(C)(C)C)CC3)c2nn1-c1ccc(Oc2ccc(F)cc2)cc1. The summed E-state index contributed by atoms with van der Waals surface area (Å²) in [5.74, 6) is 0.150. The molecule has 0 N–H and O–H groups in total. The van der Waals surface area contributed by atoms with Crippen LogP contribution in [0.2, 0.25) is 0 Å². The first-order valence-corrected chi connectivity index (χ1v) is 13.4. The van der Waals surface area contributed by atoms with E-state index in [2.05, 4.69) is 9.88 Å². The first-order valence-electron chi connectivity index (χ1n) is 13.4. The number of halogens is 1. The number of aromatic nitrogens is 3. The molecular weight excluding hydrogens is 529 g/mol. The maximum Gasteiger partial charge on any atom is 0.410 e. The van der Waals surface area contributed by atoms with Crippen molar-refractivity contribution >= 4 is 28.8 Å². The Balaban J connectivity index is 1.44. The zero-order chi connectivity index (χ0) is 29.1. The molecule has 0 atom stereocenters. The van der Waals surface area contributed by atoms with Crippen LogP contribution in [0.4, 0.5) is 14.9 Å². The van der Waals surface area contributed by atoms with Crippen LogP contribution in [0.25, 0.3) is 16.7 Å². The molecule has 1 aliphatic heterocycles. The van der Waals surface area contributed by atoms with Gasteiger partial charge in [0.25, 0.3) is 0 Å². The quantitative estimate of drug-likeness (QED) is 0.281. The summed E-state index contributed by atoms with van der Waals surface area (Å²) in [5, 5.41) is 4.81. The number of benzene rings is 2. The lowest BCUT2D eigenvalue weighted by Crippen LogP contribution is -2.50. The maximum absolute atomic E-state index is 13.2. The Morgan fingerprint density at radius 3 is 2.15 bits per heavy atom. The molecule has 4 aromatic rings. The predicted octanol–water partition coefficient (Wildman–Crippen LogP) is 5.59. The van der Waals surface area contributed by atoms with E-state index in [1.807, 2.05) is 26.8 Å². The Bertz CT molecular complexity index is 1540. The molecule has 0 radical (unpaired) electrons. The Kier molecular flexibility index (Phi) is 7.78. The van der Waals surface area contributed by atoms with Crippen LogP contribution in [0.5, 0.6) is 11.5 Å². The number of amides is 1. The Labute approximate surface area is 237 Å². The number of hydrogen-bond donors (Lipinski definition) is 0. The third-order valence-corrected chi connectivity index (χ3v) is 6.41. The number of esters is 1. The van der Waals surface area contributed by atoms with E-state index in [0.717, 1.165) is 5.69 Å². The van der Waals surface area contributed by atoms with Crippen LogP contribution in [-0.4, -0.2) is 70.1 Å². The smallest absolute Gasteiger partial charge is 0.410 e. The highest BCUT2D eigenvalue weighted by molar-refractivity contribution is 6.04. The van der Waals surface area contributed by atoms with Crippen LogP contribution in [0.15, 0.2) is 60.8 Å². The fourth-order valence-electron chi connectivity index (χ4n) is 4.54. The summed E-state index contributed by atoms with van der Waals surface area (Å²) >= 11 is 0. The van der Waals surface area contributed by atoms with E-state index in [1.165, 1.54) is 16.8 Å². The van der Waals surface area contributed by atoms with Crippen molar-refractivity contribution < 1.29 is 28.2 Å². The predicted molar refractivity (Wildman–Crippen MR) is 151 cm³/mol. The fraction of sp³-hybridized carbons (Fsp3) is 0.333. The summed E-state index contributed by atoms with van der Waals surface area (Å²) in [6.07, 6.45) is 1.31. The number of fused-ring (bicyclic) bond motifs is 1. The number of carbonyl (C=O) groups excluding carboxylic acids is 2. The van der Waals surface area contributed by atoms with Gasteiger partial charge >= 0.3 is 12.1 Å². The second-order valence-corrected chi connectivity index (χ2v) is 10.5. The van der Waals surface area contributed by atoms with E-state index in [0.29, 0.717) is 54.4 Å². The van der Waals surface area contributed by atoms with E-state index in [9.17, 15) is 14.0 Å². The average molecular weight is 562 g/mol. The van der Waals surface area contributed by atoms with Crippen molar-refractivity contribution in [2.24, 2.45) is 0 Å². The van der Waals surface area contributed by atoms with Crippen LogP contribution < -0.4 is 9.64 Å². The third kappa shape index (κ3) is 6.24. The number of nitrogens with zero attached hydrogens (tertiary/aromatic N) is 5. The highest BCUT2D eigenvalue weighted by Crippen LogP contribution is 2.31. The number of carbonyl (C=O) groups is 2. The zero-order valence-corrected chi connectivity index (χ0v) is 23.5. The van der Waals surface area contributed by atoms with Crippen molar-refractivity contribution in [2.75, 3.05) is 37.7 Å². The molecule has 1 saturated heterocycles. The van der Waals surface area contributed by atoms with Crippen molar-refractivity contribution in [1.82, 2.24) is 19.7 Å². The summed E-state index contributed by atoms with van der Waals surface area (Å²) < 4.78 is 31.4. The number of ether oxygens (including phenoxy) is 3. The van der Waals surface area contributed by atoms with Gasteiger partial charge in [0, 0.05) is 32.4 Å². The number of hydrogen-bond acceptors (Lipinski definition) is 8. The average Bonchev–Trinajstić information content (AvgIpc) is 3.34. The third-order valence-electron chi connectivity index (χ3n) is 6.41. The van der Waals surface area contributed by atoms with Crippen LogP contribution in [0, 0.1) is 5.82 Å². The highest BCUT2D eigenvalue weighted by Gasteiger charge is 2.29. The monoisotopic (exact) mass is 561 g/mol. The lowest BCUT2D eigenvalue weighted by Gasteiger charge is -2.36. The summed E-state index contributed by atoms with van der Waals surface area (Å²) in [4.78, 5) is 34.0. The van der Waals surface area contributed by atoms with Gasteiger partial charge in [0.2, 0.25) is 0 Å². The van der Waals surface area contributed by atoms with E-state index in [1.54, 1.807) is 54.4 Å². The Morgan fingerprint density at radius 2 is 1.54 bits per heavy atom. The number of anilines is 1. The number of piperazine rings is 1. The molecule has 0 saturated carbocycles. The van der Waals surface area contributed by atoms with Gasteiger partial charge in [-0.25, -0.2) is 18.7 Å². The van der Waals surface area contributed by atoms with Gasteiger partial charge in [0.15, 0.2) is 5.69 Å². The van der Waals surface area contributed by atoms with Crippen molar-refractivity contribution in [3.8, 4) is 17.2 Å². The molecule has 1 fully saturated rings. The van der Waals surface area contributed by atoms with Crippen molar-refractivity contribution in [3.05, 3.63) is 72.3 Å². The van der Waals surface area contributed by atoms with Gasteiger partial charge in [-0.3, -0.25) is 4.98 Å². The number of pyridine rings is 1. The minimum Gasteiger partial charge on any atom is -0.461 e. The Hall–Kier alpha value is -4.67. The van der Waals surface area contributed by atoms with Crippen molar-refractivity contribution in [3.63, 3.8) is 0 Å². The van der Waals surface area contributed by atoms with Crippen molar-refractivity contribution in [1.29, 1.82) is 0 Å². The molecule has 3 heterocycles. The van der Waals surface area contributed by atoms with Gasteiger partial charge in [-0.05, 0) is 82.3 Å². The maximum atomic E-state index is 13.2. The normalized spacial score (nSPS) is 13.8. The second-order valence-electron chi connectivity index (χ2n) is 10.5. The van der Waals surface area contributed by atoms with Gasteiger partial charge in [0.05, 0.1) is 18.0 Å².